The summed E-state index contributed by atoms with van der Waals surface area (Å²) < 4.78 is 12.0. The van der Waals surface area contributed by atoms with Crippen LogP contribution in [-0.4, -0.2) is 42.8 Å². The van der Waals surface area contributed by atoms with E-state index >= 15 is 0 Å². The number of methoxy groups -OCH3 is 2. The van der Waals surface area contributed by atoms with E-state index in [0.29, 0.717) is 5.56 Å². The number of rotatable bonds is 4. The van der Waals surface area contributed by atoms with Crippen LogP contribution in [0.2, 0.25) is 0 Å². The van der Waals surface area contributed by atoms with Gasteiger partial charge in [-0.15, -0.1) is 0 Å². The quantitative estimate of drug-likeness (QED) is 0.806. The Morgan fingerprint density at radius 2 is 1.95 bits per heavy atom. The highest BCUT2D eigenvalue weighted by molar-refractivity contribution is 6.04. The van der Waals surface area contributed by atoms with E-state index in [1.54, 1.807) is 7.11 Å². The molecule has 2 heterocycles. The minimum atomic E-state index is -0.283. The first-order valence-corrected chi connectivity index (χ1v) is 7.04. The highest BCUT2D eigenvalue weighted by Gasteiger charge is 2.22. The van der Waals surface area contributed by atoms with Gasteiger partial charge in [0.05, 0.1) is 19.3 Å². The van der Waals surface area contributed by atoms with Gasteiger partial charge in [-0.05, 0) is 23.3 Å². The average Bonchev–Trinajstić information content (AvgIpc) is 3.03. The molecule has 0 N–H and O–H groups in total. The fraction of sp³-hybridized carbons (Fsp3) is 0.438. The van der Waals surface area contributed by atoms with Gasteiger partial charge in [0, 0.05) is 50.9 Å². The summed E-state index contributed by atoms with van der Waals surface area (Å²) in [6, 6.07) is 4.31. The normalized spacial score (nSPS) is 14.6. The van der Waals surface area contributed by atoms with E-state index in [2.05, 4.69) is 17.0 Å². The number of hydrogen-bond donors (Lipinski definition) is 0. The molecule has 0 saturated heterocycles. The summed E-state index contributed by atoms with van der Waals surface area (Å²) >= 11 is 0. The van der Waals surface area contributed by atoms with E-state index in [0.717, 1.165) is 37.1 Å². The number of esters is 1. The topological polar surface area (TPSA) is 43.7 Å². The number of carbonyl (C=O) groups is 1. The number of nitrogens with zero attached hydrogens (tertiary/aromatic N) is 2. The van der Waals surface area contributed by atoms with Gasteiger partial charge < -0.3 is 14.0 Å². The maximum atomic E-state index is 11.9. The van der Waals surface area contributed by atoms with E-state index in [-0.39, 0.29) is 5.97 Å². The van der Waals surface area contributed by atoms with Crippen molar-refractivity contribution in [3.63, 3.8) is 0 Å². The summed E-state index contributed by atoms with van der Waals surface area (Å²) in [5.41, 5.74) is 4.32. The van der Waals surface area contributed by atoms with E-state index in [9.17, 15) is 4.79 Å². The van der Waals surface area contributed by atoms with E-state index in [4.69, 9.17) is 9.47 Å². The standard InChI is InChI=1S/C16H20N2O3/c1-17-10-14(16(19)21-3)13-6-11-8-18(4-5-20-2)9-12(11)7-15(13)17/h6-7,10H,4-5,8-9H2,1-3H3. The third-order valence-electron chi connectivity index (χ3n) is 4.12. The first kappa shape index (κ1) is 14.1. The van der Waals surface area contributed by atoms with Gasteiger partial charge in [0.1, 0.15) is 0 Å². The minimum Gasteiger partial charge on any atom is -0.465 e. The molecule has 5 heteroatoms. The number of carbonyl (C=O) groups excluding carboxylic acids is 1. The fourth-order valence-electron chi connectivity index (χ4n) is 3.00. The molecule has 2 aromatic rings. The Morgan fingerprint density at radius 3 is 2.62 bits per heavy atom. The third kappa shape index (κ3) is 2.43. The van der Waals surface area contributed by atoms with Crippen LogP contribution in [0.25, 0.3) is 10.9 Å². The van der Waals surface area contributed by atoms with Gasteiger partial charge in [-0.25, -0.2) is 4.79 Å². The van der Waals surface area contributed by atoms with Crippen LogP contribution in [0.1, 0.15) is 21.5 Å². The molecular formula is C16H20N2O3. The zero-order valence-electron chi connectivity index (χ0n) is 12.7. The van der Waals surface area contributed by atoms with Gasteiger partial charge in [-0.1, -0.05) is 0 Å². The van der Waals surface area contributed by atoms with Gasteiger partial charge in [-0.3, -0.25) is 4.90 Å². The van der Waals surface area contributed by atoms with Crippen LogP contribution in [0.5, 0.6) is 0 Å². The van der Waals surface area contributed by atoms with Crippen LogP contribution >= 0.6 is 0 Å². The second-order valence-corrected chi connectivity index (χ2v) is 5.49. The Balaban J connectivity index is 1.99. The zero-order valence-corrected chi connectivity index (χ0v) is 12.7. The van der Waals surface area contributed by atoms with Crippen LogP contribution in [0, 0.1) is 0 Å². The SMILES string of the molecule is COCCN1Cc2cc3c(C(=O)OC)cn(C)c3cc2C1. The van der Waals surface area contributed by atoms with Crippen molar-refractivity contribution in [1.29, 1.82) is 0 Å². The first-order chi connectivity index (χ1) is 10.1. The molecule has 5 nitrogen and oxygen atoms in total. The Bertz CT molecular complexity index is 690. The number of aromatic nitrogens is 1. The second-order valence-electron chi connectivity index (χ2n) is 5.49. The van der Waals surface area contributed by atoms with Crippen molar-refractivity contribution < 1.29 is 14.3 Å². The lowest BCUT2D eigenvalue weighted by Gasteiger charge is -2.13. The van der Waals surface area contributed by atoms with Crippen molar-refractivity contribution >= 4 is 16.9 Å². The van der Waals surface area contributed by atoms with E-state index in [1.807, 2.05) is 17.8 Å². The summed E-state index contributed by atoms with van der Waals surface area (Å²) in [4.78, 5) is 14.2. The highest BCUT2D eigenvalue weighted by Crippen LogP contribution is 2.30. The maximum Gasteiger partial charge on any atom is 0.340 e. The Labute approximate surface area is 124 Å². The third-order valence-corrected chi connectivity index (χ3v) is 4.12. The summed E-state index contributed by atoms with van der Waals surface area (Å²) in [5, 5.41) is 0.969. The number of ether oxygens (including phenoxy) is 2. The van der Waals surface area contributed by atoms with Crippen molar-refractivity contribution in [2.24, 2.45) is 7.05 Å². The lowest BCUT2D eigenvalue weighted by atomic mass is 10.1. The molecule has 1 aromatic carbocycles. The molecule has 1 aliphatic heterocycles. The minimum absolute atomic E-state index is 0.283. The van der Waals surface area contributed by atoms with Gasteiger partial charge in [0.25, 0.3) is 0 Å². The molecule has 0 atom stereocenters. The van der Waals surface area contributed by atoms with Gasteiger partial charge >= 0.3 is 5.97 Å². The van der Waals surface area contributed by atoms with Gasteiger partial charge in [0.15, 0.2) is 0 Å². The van der Waals surface area contributed by atoms with Gasteiger partial charge in [0.2, 0.25) is 0 Å². The number of fused-ring (bicyclic) bond motifs is 2. The molecule has 0 radical (unpaired) electrons. The number of aryl methyl sites for hydroxylation is 1. The Morgan fingerprint density at radius 1 is 1.24 bits per heavy atom. The molecule has 3 rings (SSSR count). The van der Waals surface area contributed by atoms with Crippen LogP contribution in [0.15, 0.2) is 18.3 Å². The molecule has 0 aliphatic carbocycles. The predicted molar refractivity (Wildman–Crippen MR) is 80.2 cm³/mol. The van der Waals surface area contributed by atoms with Crippen molar-refractivity contribution in [2.45, 2.75) is 13.1 Å². The van der Waals surface area contributed by atoms with E-state index in [1.165, 1.54) is 18.2 Å². The van der Waals surface area contributed by atoms with Crippen molar-refractivity contribution in [1.82, 2.24) is 9.47 Å². The zero-order chi connectivity index (χ0) is 15.0. The predicted octanol–water partition coefficient (Wildman–Crippen LogP) is 1.93. The molecule has 21 heavy (non-hydrogen) atoms. The summed E-state index contributed by atoms with van der Waals surface area (Å²) in [5.74, 6) is -0.283. The van der Waals surface area contributed by atoms with Crippen LogP contribution < -0.4 is 0 Å². The Kier molecular flexibility index (Phi) is 3.69. The molecule has 0 bridgehead atoms. The molecule has 1 aromatic heterocycles. The van der Waals surface area contributed by atoms with Gasteiger partial charge in [-0.2, -0.15) is 0 Å². The molecule has 0 spiro atoms. The van der Waals surface area contributed by atoms with Crippen LogP contribution in [0.4, 0.5) is 0 Å². The summed E-state index contributed by atoms with van der Waals surface area (Å²) in [6.45, 7) is 3.50. The van der Waals surface area contributed by atoms with Crippen molar-refractivity contribution in [2.75, 3.05) is 27.4 Å². The van der Waals surface area contributed by atoms with E-state index < -0.39 is 0 Å². The monoisotopic (exact) mass is 288 g/mol. The number of benzene rings is 1. The summed E-state index contributed by atoms with van der Waals surface area (Å²) in [7, 11) is 5.10. The molecule has 112 valence electrons. The first-order valence-electron chi connectivity index (χ1n) is 7.04. The van der Waals surface area contributed by atoms with Crippen LogP contribution in [0.3, 0.4) is 0 Å². The molecule has 0 saturated carbocycles. The van der Waals surface area contributed by atoms with Crippen molar-refractivity contribution in [3.05, 3.63) is 35.0 Å². The highest BCUT2D eigenvalue weighted by atomic mass is 16.5. The largest absolute Gasteiger partial charge is 0.465 e. The lowest BCUT2D eigenvalue weighted by molar-refractivity contribution is 0.0603. The molecular weight excluding hydrogens is 268 g/mol. The lowest BCUT2D eigenvalue weighted by Crippen LogP contribution is -2.21. The molecule has 0 amide bonds. The average molecular weight is 288 g/mol. The number of hydrogen-bond acceptors (Lipinski definition) is 4. The molecule has 0 fully saturated rings. The molecule has 1 aliphatic rings. The Hall–Kier alpha value is -1.85. The van der Waals surface area contributed by atoms with Crippen LogP contribution in [-0.2, 0) is 29.6 Å². The second kappa shape index (κ2) is 5.50. The fourth-order valence-corrected chi connectivity index (χ4v) is 3.00. The van der Waals surface area contributed by atoms with Crippen molar-refractivity contribution in [3.8, 4) is 0 Å². The summed E-state index contributed by atoms with van der Waals surface area (Å²) in [6.07, 6.45) is 1.84. The molecule has 0 unspecified atom stereocenters. The smallest absolute Gasteiger partial charge is 0.340 e. The maximum absolute atomic E-state index is 11.9.